The van der Waals surface area contributed by atoms with Crippen LogP contribution in [-0.2, 0) is 6.54 Å². The maximum Gasteiger partial charge on any atom is 0.271 e. The fraction of sp³-hybridized carbons (Fsp3) is 0.133. The van der Waals surface area contributed by atoms with Crippen LogP contribution >= 0.6 is 11.6 Å². The number of nitrogens with one attached hydrogen (secondary N) is 1. The summed E-state index contributed by atoms with van der Waals surface area (Å²) in [6, 6.07) is 9.01. The first-order chi connectivity index (χ1) is 10.7. The molecule has 0 unspecified atom stereocenters. The molecule has 3 rings (SSSR count). The van der Waals surface area contributed by atoms with Gasteiger partial charge in [-0.05, 0) is 17.7 Å². The molecule has 0 aromatic carbocycles. The topological polar surface area (TPSA) is 68.5 Å². The van der Waals surface area contributed by atoms with Crippen molar-refractivity contribution in [3.05, 3.63) is 59.1 Å². The molecule has 112 valence electrons. The fourth-order valence-electron chi connectivity index (χ4n) is 2.07. The van der Waals surface area contributed by atoms with Gasteiger partial charge in [0.2, 0.25) is 5.88 Å². The van der Waals surface area contributed by atoms with Crippen molar-refractivity contribution < 1.29 is 9.53 Å². The van der Waals surface area contributed by atoms with Crippen LogP contribution in [0.4, 0.5) is 0 Å². The summed E-state index contributed by atoms with van der Waals surface area (Å²) in [4.78, 5) is 20.6. The Labute approximate surface area is 131 Å². The Balaban J connectivity index is 1.77. The molecule has 0 saturated carbocycles. The minimum absolute atomic E-state index is 0.177. The molecule has 0 saturated heterocycles. The Morgan fingerprint density at radius 3 is 2.95 bits per heavy atom. The number of hydrogen-bond acceptors (Lipinski definition) is 4. The van der Waals surface area contributed by atoms with Crippen LogP contribution in [0.1, 0.15) is 16.1 Å². The van der Waals surface area contributed by atoms with Gasteiger partial charge in [-0.2, -0.15) is 0 Å². The van der Waals surface area contributed by atoms with Crippen LogP contribution < -0.4 is 10.1 Å². The molecule has 3 aromatic rings. The lowest BCUT2D eigenvalue weighted by molar-refractivity contribution is 0.0945. The summed E-state index contributed by atoms with van der Waals surface area (Å²) in [6.07, 6.45) is 3.40. The van der Waals surface area contributed by atoms with Crippen molar-refractivity contribution in [1.29, 1.82) is 0 Å². The summed E-state index contributed by atoms with van der Waals surface area (Å²) < 4.78 is 6.65. The molecule has 22 heavy (non-hydrogen) atoms. The fourth-order valence-corrected chi connectivity index (χ4v) is 2.34. The van der Waals surface area contributed by atoms with Gasteiger partial charge in [0.05, 0.1) is 7.11 Å². The number of methoxy groups -OCH3 is 1. The number of carbonyl (C=O) groups is 1. The Bertz CT molecular complexity index is 814. The van der Waals surface area contributed by atoms with E-state index in [1.807, 2.05) is 18.2 Å². The number of aromatic nitrogens is 3. The second-order valence-electron chi connectivity index (χ2n) is 4.57. The van der Waals surface area contributed by atoms with Gasteiger partial charge in [-0.3, -0.25) is 9.20 Å². The summed E-state index contributed by atoms with van der Waals surface area (Å²) in [5.41, 5.74) is 1.81. The van der Waals surface area contributed by atoms with E-state index in [-0.39, 0.29) is 11.1 Å². The molecule has 0 aliphatic carbocycles. The van der Waals surface area contributed by atoms with Crippen LogP contribution in [0.3, 0.4) is 0 Å². The molecule has 0 aliphatic heterocycles. The van der Waals surface area contributed by atoms with Crippen molar-refractivity contribution in [3.8, 4) is 5.88 Å². The van der Waals surface area contributed by atoms with Gasteiger partial charge in [-0.15, -0.1) is 0 Å². The molecular weight excluding hydrogens is 304 g/mol. The molecule has 0 radical (unpaired) electrons. The lowest BCUT2D eigenvalue weighted by Gasteiger charge is -2.06. The molecule has 3 heterocycles. The van der Waals surface area contributed by atoms with E-state index in [1.165, 1.54) is 0 Å². The van der Waals surface area contributed by atoms with E-state index >= 15 is 0 Å². The number of carbonyl (C=O) groups excluding carboxylic acids is 1. The maximum absolute atomic E-state index is 12.3. The normalized spacial score (nSPS) is 10.6. The molecule has 1 N–H and O–H groups in total. The standard InChI is InChI=1S/C15H13ClN4O2/c1-22-12-6-5-10(8-17-12)9-18-15(21)13-14(16)19-11-4-2-3-7-20(11)13/h2-8H,9H2,1H3,(H,18,21). The first-order valence-electron chi connectivity index (χ1n) is 6.59. The monoisotopic (exact) mass is 316 g/mol. The highest BCUT2D eigenvalue weighted by Gasteiger charge is 2.17. The van der Waals surface area contributed by atoms with Gasteiger partial charge >= 0.3 is 0 Å². The lowest BCUT2D eigenvalue weighted by atomic mass is 10.3. The second-order valence-corrected chi connectivity index (χ2v) is 4.93. The highest BCUT2D eigenvalue weighted by molar-refractivity contribution is 6.32. The number of pyridine rings is 2. The zero-order valence-corrected chi connectivity index (χ0v) is 12.5. The average Bonchev–Trinajstić information content (AvgIpc) is 2.89. The highest BCUT2D eigenvalue weighted by atomic mass is 35.5. The zero-order chi connectivity index (χ0) is 15.5. The van der Waals surface area contributed by atoms with E-state index in [0.29, 0.717) is 23.8 Å². The van der Waals surface area contributed by atoms with Crippen molar-refractivity contribution in [1.82, 2.24) is 19.7 Å². The van der Waals surface area contributed by atoms with Gasteiger partial charge in [-0.25, -0.2) is 9.97 Å². The molecule has 0 aliphatic rings. The van der Waals surface area contributed by atoms with Crippen molar-refractivity contribution in [2.75, 3.05) is 7.11 Å². The first-order valence-corrected chi connectivity index (χ1v) is 6.96. The molecule has 1 amide bonds. The molecule has 0 spiro atoms. The van der Waals surface area contributed by atoms with Gasteiger partial charge in [-0.1, -0.05) is 23.7 Å². The number of fused-ring (bicyclic) bond motifs is 1. The molecule has 7 heteroatoms. The number of halogens is 1. The second kappa shape index (κ2) is 6.03. The van der Waals surface area contributed by atoms with E-state index in [0.717, 1.165) is 5.56 Å². The smallest absolute Gasteiger partial charge is 0.271 e. The van der Waals surface area contributed by atoms with Crippen molar-refractivity contribution in [2.24, 2.45) is 0 Å². The van der Waals surface area contributed by atoms with Crippen LogP contribution in [0, 0.1) is 0 Å². The van der Waals surface area contributed by atoms with E-state index in [1.54, 1.807) is 36.0 Å². The largest absolute Gasteiger partial charge is 0.481 e. The number of imidazole rings is 1. The van der Waals surface area contributed by atoms with Gasteiger partial charge in [0, 0.05) is 25.0 Å². The minimum Gasteiger partial charge on any atom is -0.481 e. The third-order valence-electron chi connectivity index (χ3n) is 3.16. The van der Waals surface area contributed by atoms with E-state index in [2.05, 4.69) is 15.3 Å². The maximum atomic E-state index is 12.3. The minimum atomic E-state index is -0.292. The first kappa shape index (κ1) is 14.3. The number of hydrogen-bond donors (Lipinski definition) is 1. The molecule has 0 fully saturated rings. The molecular formula is C15H13ClN4O2. The predicted molar refractivity (Wildman–Crippen MR) is 82.2 cm³/mol. The number of ether oxygens (including phenoxy) is 1. The summed E-state index contributed by atoms with van der Waals surface area (Å²) in [6.45, 7) is 0.340. The van der Waals surface area contributed by atoms with Crippen LogP contribution in [0.25, 0.3) is 5.65 Å². The van der Waals surface area contributed by atoms with E-state index in [9.17, 15) is 4.79 Å². The van der Waals surface area contributed by atoms with E-state index in [4.69, 9.17) is 16.3 Å². The summed E-state index contributed by atoms with van der Waals surface area (Å²) in [7, 11) is 1.55. The van der Waals surface area contributed by atoms with Crippen LogP contribution in [0.2, 0.25) is 5.15 Å². The predicted octanol–water partition coefficient (Wildman–Crippen LogP) is 2.32. The summed E-state index contributed by atoms with van der Waals surface area (Å²) in [5.74, 6) is 0.236. The molecule has 6 nitrogen and oxygen atoms in total. The highest BCUT2D eigenvalue weighted by Crippen LogP contribution is 2.17. The van der Waals surface area contributed by atoms with Crippen molar-refractivity contribution >= 4 is 23.2 Å². The van der Waals surface area contributed by atoms with Crippen LogP contribution in [0.5, 0.6) is 5.88 Å². The number of nitrogens with zero attached hydrogens (tertiary/aromatic N) is 3. The third kappa shape index (κ3) is 2.73. The molecule has 0 atom stereocenters. The Morgan fingerprint density at radius 2 is 2.23 bits per heavy atom. The SMILES string of the molecule is COc1ccc(CNC(=O)c2c(Cl)nc3ccccn23)cn1. The Kier molecular flexibility index (Phi) is 3.93. The Morgan fingerprint density at radius 1 is 1.36 bits per heavy atom. The van der Waals surface area contributed by atoms with Crippen molar-refractivity contribution in [3.63, 3.8) is 0 Å². The zero-order valence-electron chi connectivity index (χ0n) is 11.8. The third-order valence-corrected chi connectivity index (χ3v) is 3.43. The van der Waals surface area contributed by atoms with Crippen molar-refractivity contribution in [2.45, 2.75) is 6.54 Å². The molecule has 0 bridgehead atoms. The van der Waals surface area contributed by atoms with Crippen LogP contribution in [0.15, 0.2) is 42.7 Å². The molecule has 3 aromatic heterocycles. The average molecular weight is 317 g/mol. The van der Waals surface area contributed by atoms with Gasteiger partial charge in [0.1, 0.15) is 5.65 Å². The van der Waals surface area contributed by atoms with Gasteiger partial charge in [0.25, 0.3) is 5.91 Å². The quantitative estimate of drug-likeness (QED) is 0.802. The number of amides is 1. The Hall–Kier alpha value is -2.60. The summed E-state index contributed by atoms with van der Waals surface area (Å²) >= 11 is 6.06. The lowest BCUT2D eigenvalue weighted by Crippen LogP contribution is -2.24. The van der Waals surface area contributed by atoms with E-state index < -0.39 is 0 Å². The summed E-state index contributed by atoms with van der Waals surface area (Å²) in [5, 5.41) is 2.98. The van der Waals surface area contributed by atoms with Gasteiger partial charge < -0.3 is 10.1 Å². The number of rotatable bonds is 4. The van der Waals surface area contributed by atoms with Gasteiger partial charge in [0.15, 0.2) is 10.8 Å². The van der Waals surface area contributed by atoms with Crippen LogP contribution in [-0.4, -0.2) is 27.4 Å².